The van der Waals surface area contributed by atoms with Gasteiger partial charge in [-0.25, -0.2) is 0 Å². The van der Waals surface area contributed by atoms with Crippen molar-refractivity contribution in [2.45, 2.75) is 33.1 Å². The quantitative estimate of drug-likeness (QED) is 0.712. The average Bonchev–Trinajstić information content (AvgIpc) is 2.03. The Morgan fingerprint density at radius 2 is 2.00 bits per heavy atom. The molecule has 0 saturated heterocycles. The Bertz CT molecular complexity index is 264. The van der Waals surface area contributed by atoms with Gasteiger partial charge >= 0.3 is 0 Å². The van der Waals surface area contributed by atoms with Gasteiger partial charge in [-0.05, 0) is 29.5 Å². The molecule has 0 heterocycles. The fourth-order valence-corrected chi connectivity index (χ4v) is 1.30. The molecule has 0 amide bonds. The topological polar surface area (TPSA) is 20.2 Å². The van der Waals surface area contributed by atoms with Crippen molar-refractivity contribution < 1.29 is 5.11 Å². The predicted octanol–water partition coefficient (Wildman–Crippen LogP) is 3.08. The highest BCUT2D eigenvalue weighted by molar-refractivity contribution is 5.38. The molecule has 0 saturated carbocycles. The standard InChI is InChI=1S/C11H16O/c1-4-9-5-6-10(8(2)3)11(12)7-9/h5-8,12H,4H2,1-3H3. The zero-order valence-electron chi connectivity index (χ0n) is 7.96. The molecule has 0 aliphatic heterocycles. The van der Waals surface area contributed by atoms with E-state index in [0.717, 1.165) is 12.0 Å². The van der Waals surface area contributed by atoms with Crippen molar-refractivity contribution in [2.24, 2.45) is 0 Å². The van der Waals surface area contributed by atoms with Crippen LogP contribution in [0.4, 0.5) is 0 Å². The Labute approximate surface area is 74.1 Å². The largest absolute Gasteiger partial charge is 0.508 e. The van der Waals surface area contributed by atoms with E-state index in [2.05, 4.69) is 26.8 Å². The molecule has 0 aliphatic rings. The highest BCUT2D eigenvalue weighted by atomic mass is 16.3. The van der Waals surface area contributed by atoms with Crippen molar-refractivity contribution in [2.75, 3.05) is 0 Å². The van der Waals surface area contributed by atoms with E-state index in [4.69, 9.17) is 0 Å². The first-order valence-corrected chi connectivity index (χ1v) is 4.47. The minimum absolute atomic E-state index is 0.399. The summed E-state index contributed by atoms with van der Waals surface area (Å²) in [5.74, 6) is 0.834. The van der Waals surface area contributed by atoms with Crippen molar-refractivity contribution in [3.63, 3.8) is 0 Å². The molecule has 66 valence electrons. The molecule has 0 fully saturated rings. The van der Waals surface area contributed by atoms with Crippen LogP contribution < -0.4 is 0 Å². The molecular formula is C11H16O. The molecule has 1 heteroatoms. The summed E-state index contributed by atoms with van der Waals surface area (Å²) in [6, 6.07) is 5.95. The van der Waals surface area contributed by atoms with Crippen molar-refractivity contribution in [3.05, 3.63) is 29.3 Å². The van der Waals surface area contributed by atoms with Gasteiger partial charge in [0.15, 0.2) is 0 Å². The molecule has 0 radical (unpaired) electrons. The number of rotatable bonds is 2. The highest BCUT2D eigenvalue weighted by Crippen LogP contribution is 2.26. The summed E-state index contributed by atoms with van der Waals surface area (Å²) in [5, 5.41) is 9.59. The molecular weight excluding hydrogens is 148 g/mol. The van der Waals surface area contributed by atoms with Gasteiger partial charge in [0.05, 0.1) is 0 Å². The fraction of sp³-hybridized carbons (Fsp3) is 0.455. The van der Waals surface area contributed by atoms with Crippen LogP contribution in [0.3, 0.4) is 0 Å². The Kier molecular flexibility index (Phi) is 2.74. The van der Waals surface area contributed by atoms with Gasteiger partial charge in [0.25, 0.3) is 0 Å². The summed E-state index contributed by atoms with van der Waals surface area (Å²) in [7, 11) is 0. The third-order valence-electron chi connectivity index (χ3n) is 2.13. The number of aromatic hydroxyl groups is 1. The Hall–Kier alpha value is -0.980. The SMILES string of the molecule is CCc1ccc(C(C)C)c(O)c1. The molecule has 1 aromatic carbocycles. The van der Waals surface area contributed by atoms with Crippen LogP contribution in [0.5, 0.6) is 5.75 Å². The molecule has 1 nitrogen and oxygen atoms in total. The zero-order valence-corrected chi connectivity index (χ0v) is 7.96. The first-order chi connectivity index (χ1) is 5.65. The maximum atomic E-state index is 9.59. The van der Waals surface area contributed by atoms with Gasteiger partial charge in [-0.15, -0.1) is 0 Å². The number of aryl methyl sites for hydroxylation is 1. The van der Waals surface area contributed by atoms with Gasteiger partial charge in [-0.1, -0.05) is 32.9 Å². The summed E-state index contributed by atoms with van der Waals surface area (Å²) in [6.45, 7) is 6.26. The fourth-order valence-electron chi connectivity index (χ4n) is 1.30. The van der Waals surface area contributed by atoms with E-state index in [1.807, 2.05) is 12.1 Å². The molecule has 0 unspecified atom stereocenters. The van der Waals surface area contributed by atoms with Crippen LogP contribution in [0.1, 0.15) is 37.8 Å². The van der Waals surface area contributed by atoms with E-state index in [1.54, 1.807) is 0 Å². The van der Waals surface area contributed by atoms with Crippen molar-refractivity contribution >= 4 is 0 Å². The lowest BCUT2D eigenvalue weighted by Gasteiger charge is -2.08. The third kappa shape index (κ3) is 1.79. The monoisotopic (exact) mass is 164 g/mol. The van der Waals surface area contributed by atoms with Crippen LogP contribution >= 0.6 is 0 Å². The first kappa shape index (κ1) is 9.11. The summed E-state index contributed by atoms with van der Waals surface area (Å²) in [6.07, 6.45) is 0.978. The third-order valence-corrected chi connectivity index (χ3v) is 2.13. The van der Waals surface area contributed by atoms with Crippen LogP contribution in [0.15, 0.2) is 18.2 Å². The van der Waals surface area contributed by atoms with Gasteiger partial charge in [0.1, 0.15) is 5.75 Å². The second-order valence-electron chi connectivity index (χ2n) is 3.40. The minimum Gasteiger partial charge on any atom is -0.508 e. The smallest absolute Gasteiger partial charge is 0.119 e. The van der Waals surface area contributed by atoms with E-state index < -0.39 is 0 Å². The lowest BCUT2D eigenvalue weighted by atomic mass is 10.00. The number of hydrogen-bond donors (Lipinski definition) is 1. The van der Waals surface area contributed by atoms with Gasteiger partial charge in [0, 0.05) is 0 Å². The molecule has 0 aromatic heterocycles. The summed E-state index contributed by atoms with van der Waals surface area (Å²) in [5.41, 5.74) is 2.23. The Morgan fingerprint density at radius 1 is 1.33 bits per heavy atom. The molecule has 1 rings (SSSR count). The molecule has 0 bridgehead atoms. The van der Waals surface area contributed by atoms with Gasteiger partial charge < -0.3 is 5.11 Å². The number of benzene rings is 1. The summed E-state index contributed by atoms with van der Waals surface area (Å²) < 4.78 is 0. The van der Waals surface area contributed by atoms with E-state index in [1.165, 1.54) is 5.56 Å². The maximum Gasteiger partial charge on any atom is 0.119 e. The lowest BCUT2D eigenvalue weighted by molar-refractivity contribution is 0.464. The normalized spacial score (nSPS) is 10.7. The zero-order chi connectivity index (χ0) is 9.14. The minimum atomic E-state index is 0.399. The van der Waals surface area contributed by atoms with Gasteiger partial charge in [-0.3, -0.25) is 0 Å². The van der Waals surface area contributed by atoms with Crippen LogP contribution in [0.25, 0.3) is 0 Å². The van der Waals surface area contributed by atoms with Crippen LogP contribution in [0, 0.1) is 0 Å². The van der Waals surface area contributed by atoms with E-state index >= 15 is 0 Å². The number of phenolic OH excluding ortho intramolecular Hbond substituents is 1. The van der Waals surface area contributed by atoms with Crippen LogP contribution in [-0.4, -0.2) is 5.11 Å². The summed E-state index contributed by atoms with van der Waals surface area (Å²) in [4.78, 5) is 0. The Morgan fingerprint density at radius 3 is 2.42 bits per heavy atom. The summed E-state index contributed by atoms with van der Waals surface area (Å²) >= 11 is 0. The molecule has 0 spiro atoms. The molecule has 0 atom stereocenters. The predicted molar refractivity (Wildman–Crippen MR) is 51.6 cm³/mol. The van der Waals surface area contributed by atoms with Crippen LogP contribution in [0.2, 0.25) is 0 Å². The second kappa shape index (κ2) is 3.61. The van der Waals surface area contributed by atoms with Gasteiger partial charge in [-0.2, -0.15) is 0 Å². The lowest BCUT2D eigenvalue weighted by Crippen LogP contribution is -1.89. The van der Waals surface area contributed by atoms with E-state index in [9.17, 15) is 5.11 Å². The maximum absolute atomic E-state index is 9.59. The van der Waals surface area contributed by atoms with Gasteiger partial charge in [0.2, 0.25) is 0 Å². The number of hydrogen-bond acceptors (Lipinski definition) is 1. The highest BCUT2D eigenvalue weighted by Gasteiger charge is 2.04. The average molecular weight is 164 g/mol. The molecule has 1 aromatic rings. The second-order valence-corrected chi connectivity index (χ2v) is 3.40. The van der Waals surface area contributed by atoms with Crippen molar-refractivity contribution in [1.82, 2.24) is 0 Å². The van der Waals surface area contributed by atoms with Crippen LogP contribution in [-0.2, 0) is 6.42 Å². The molecule has 0 aliphatic carbocycles. The van der Waals surface area contributed by atoms with E-state index in [-0.39, 0.29) is 0 Å². The van der Waals surface area contributed by atoms with Crippen molar-refractivity contribution in [3.8, 4) is 5.75 Å². The Balaban J connectivity index is 3.03. The first-order valence-electron chi connectivity index (χ1n) is 4.47. The molecule has 12 heavy (non-hydrogen) atoms. The molecule has 1 N–H and O–H groups in total. The number of phenols is 1. The van der Waals surface area contributed by atoms with Crippen molar-refractivity contribution in [1.29, 1.82) is 0 Å². The van der Waals surface area contributed by atoms with E-state index in [0.29, 0.717) is 11.7 Å².